The van der Waals surface area contributed by atoms with Gasteiger partial charge in [0.15, 0.2) is 8.32 Å². The SMILES string of the molecule is C[C@@H](CCC/C=C\CCCC(=O)O)N(CCO[Si](C)(C)C(C)(C)C)C(=O)OC(C)(C)C. The smallest absolute Gasteiger partial charge is 0.410 e. The molecule has 0 aliphatic rings. The first-order valence-corrected chi connectivity index (χ1v) is 14.5. The van der Waals surface area contributed by atoms with Crippen molar-refractivity contribution < 1.29 is 23.9 Å². The number of rotatable bonds is 13. The predicted octanol–water partition coefficient (Wildman–Crippen LogP) is 6.62. The van der Waals surface area contributed by atoms with Crippen LogP contribution in [0.2, 0.25) is 18.1 Å². The van der Waals surface area contributed by atoms with Gasteiger partial charge in [0.05, 0.1) is 6.61 Å². The first kappa shape index (κ1) is 29.7. The molecule has 1 atom stereocenters. The van der Waals surface area contributed by atoms with E-state index >= 15 is 0 Å². The molecule has 0 spiro atoms. The summed E-state index contributed by atoms with van der Waals surface area (Å²) < 4.78 is 11.9. The van der Waals surface area contributed by atoms with Gasteiger partial charge in [-0.1, -0.05) is 32.9 Å². The van der Waals surface area contributed by atoms with Crippen LogP contribution in [0.4, 0.5) is 4.79 Å². The second kappa shape index (κ2) is 13.3. The zero-order chi connectivity index (χ0) is 24.3. The number of amides is 1. The molecule has 0 aromatic rings. The predicted molar refractivity (Wildman–Crippen MR) is 130 cm³/mol. The van der Waals surface area contributed by atoms with Crippen LogP contribution in [-0.4, -0.2) is 55.2 Å². The number of aliphatic carboxylic acids is 1. The molecule has 182 valence electrons. The third-order valence-electron chi connectivity index (χ3n) is 5.68. The van der Waals surface area contributed by atoms with Gasteiger partial charge in [-0.05, 0) is 77.9 Å². The molecule has 0 saturated carbocycles. The van der Waals surface area contributed by atoms with E-state index < -0.39 is 19.9 Å². The maximum atomic E-state index is 12.8. The maximum Gasteiger partial charge on any atom is 0.410 e. The van der Waals surface area contributed by atoms with Gasteiger partial charge in [-0.25, -0.2) is 4.79 Å². The van der Waals surface area contributed by atoms with Crippen LogP contribution in [0.25, 0.3) is 0 Å². The topological polar surface area (TPSA) is 76.1 Å². The fraction of sp³-hybridized carbons (Fsp3) is 0.833. The van der Waals surface area contributed by atoms with Crippen molar-refractivity contribution >= 4 is 20.4 Å². The highest BCUT2D eigenvalue weighted by Crippen LogP contribution is 2.36. The van der Waals surface area contributed by atoms with Gasteiger partial charge in [-0.2, -0.15) is 0 Å². The average molecular weight is 458 g/mol. The van der Waals surface area contributed by atoms with Crippen LogP contribution < -0.4 is 0 Å². The van der Waals surface area contributed by atoms with Gasteiger partial charge in [0, 0.05) is 19.0 Å². The normalized spacial score (nSPS) is 14.0. The number of hydrogen-bond acceptors (Lipinski definition) is 4. The number of carboxylic acid groups (broad SMARTS) is 1. The van der Waals surface area contributed by atoms with Gasteiger partial charge >= 0.3 is 12.1 Å². The summed E-state index contributed by atoms with van der Waals surface area (Å²) in [5.41, 5.74) is -0.534. The Kier molecular flexibility index (Phi) is 12.7. The maximum absolute atomic E-state index is 12.8. The Hall–Kier alpha value is -1.34. The van der Waals surface area contributed by atoms with Crippen molar-refractivity contribution in [2.45, 2.75) is 117 Å². The molecule has 0 aromatic heterocycles. The second-order valence-corrected chi connectivity index (χ2v) is 15.6. The van der Waals surface area contributed by atoms with E-state index in [2.05, 4.69) is 46.9 Å². The summed E-state index contributed by atoms with van der Waals surface area (Å²) in [7, 11) is -1.87. The molecule has 0 aliphatic heterocycles. The monoisotopic (exact) mass is 457 g/mol. The summed E-state index contributed by atoms with van der Waals surface area (Å²) in [4.78, 5) is 25.1. The summed E-state index contributed by atoms with van der Waals surface area (Å²) in [6, 6.07) is 0.0540. The molecule has 31 heavy (non-hydrogen) atoms. The van der Waals surface area contributed by atoms with Gasteiger partial charge < -0.3 is 19.2 Å². The van der Waals surface area contributed by atoms with Gasteiger partial charge in [0.2, 0.25) is 0 Å². The third kappa shape index (κ3) is 13.6. The highest BCUT2D eigenvalue weighted by Gasteiger charge is 2.37. The number of carboxylic acids is 1. The number of nitrogens with zero attached hydrogens (tertiary/aromatic N) is 1. The first-order chi connectivity index (χ1) is 14.1. The lowest BCUT2D eigenvalue weighted by molar-refractivity contribution is -0.137. The van der Waals surface area contributed by atoms with E-state index in [4.69, 9.17) is 14.3 Å². The van der Waals surface area contributed by atoms with Crippen LogP contribution in [0.3, 0.4) is 0 Å². The van der Waals surface area contributed by atoms with Crippen molar-refractivity contribution in [3.05, 3.63) is 12.2 Å². The number of carbonyl (C=O) groups is 2. The molecule has 7 heteroatoms. The van der Waals surface area contributed by atoms with Gasteiger partial charge in [-0.15, -0.1) is 0 Å². The molecule has 6 nitrogen and oxygen atoms in total. The fourth-order valence-electron chi connectivity index (χ4n) is 2.72. The van der Waals surface area contributed by atoms with Gasteiger partial charge in [0.25, 0.3) is 0 Å². The van der Waals surface area contributed by atoms with E-state index in [1.54, 1.807) is 4.90 Å². The lowest BCUT2D eigenvalue weighted by Gasteiger charge is -2.37. The zero-order valence-corrected chi connectivity index (χ0v) is 22.4. The van der Waals surface area contributed by atoms with Crippen LogP contribution in [0.15, 0.2) is 12.2 Å². The third-order valence-corrected chi connectivity index (χ3v) is 10.2. The Bertz CT molecular complexity index is 575. The van der Waals surface area contributed by atoms with E-state index in [0.29, 0.717) is 19.6 Å². The molecular weight excluding hydrogens is 410 g/mol. The zero-order valence-electron chi connectivity index (χ0n) is 21.4. The minimum Gasteiger partial charge on any atom is -0.481 e. The molecule has 0 aromatic carbocycles. The molecule has 0 rings (SSSR count). The first-order valence-electron chi connectivity index (χ1n) is 11.6. The highest BCUT2D eigenvalue weighted by molar-refractivity contribution is 6.74. The minimum absolute atomic E-state index is 0.0540. The largest absolute Gasteiger partial charge is 0.481 e. The van der Waals surface area contributed by atoms with Crippen molar-refractivity contribution in [3.8, 4) is 0 Å². The molecule has 1 N–H and O–H groups in total. The minimum atomic E-state index is -1.87. The van der Waals surface area contributed by atoms with E-state index in [1.165, 1.54) is 0 Å². The van der Waals surface area contributed by atoms with Crippen molar-refractivity contribution in [1.29, 1.82) is 0 Å². The molecule has 0 saturated heterocycles. The summed E-state index contributed by atoms with van der Waals surface area (Å²) >= 11 is 0. The highest BCUT2D eigenvalue weighted by atomic mass is 28.4. The van der Waals surface area contributed by atoms with Crippen molar-refractivity contribution in [2.24, 2.45) is 0 Å². The summed E-state index contributed by atoms with van der Waals surface area (Å²) in [6.07, 6.45) is 8.28. The molecule has 0 unspecified atom stereocenters. The Morgan fingerprint density at radius 1 is 1.03 bits per heavy atom. The Morgan fingerprint density at radius 2 is 1.58 bits per heavy atom. The van der Waals surface area contributed by atoms with E-state index in [0.717, 1.165) is 25.7 Å². The molecule has 0 bridgehead atoms. The van der Waals surface area contributed by atoms with Crippen molar-refractivity contribution in [2.75, 3.05) is 13.2 Å². The van der Waals surface area contributed by atoms with Crippen LogP contribution >= 0.6 is 0 Å². The quantitative estimate of drug-likeness (QED) is 0.191. The summed E-state index contributed by atoms with van der Waals surface area (Å²) in [5.74, 6) is -0.748. The number of ether oxygens (including phenoxy) is 1. The Balaban J connectivity index is 4.73. The van der Waals surface area contributed by atoms with Crippen molar-refractivity contribution in [3.63, 3.8) is 0 Å². The Labute approximate surface area is 191 Å². The molecule has 0 fully saturated rings. The summed E-state index contributed by atoms with van der Waals surface area (Å²) in [5, 5.41) is 8.79. The number of carbonyl (C=O) groups excluding carboxylic acids is 1. The molecule has 0 heterocycles. The molecule has 0 aliphatic carbocycles. The van der Waals surface area contributed by atoms with E-state index in [9.17, 15) is 9.59 Å². The van der Waals surface area contributed by atoms with Crippen molar-refractivity contribution in [1.82, 2.24) is 4.90 Å². The number of hydrogen-bond donors (Lipinski definition) is 1. The molecular formula is C24H47NO5Si. The van der Waals surface area contributed by atoms with Gasteiger partial charge in [0.1, 0.15) is 5.60 Å². The number of allylic oxidation sites excluding steroid dienone is 2. The van der Waals surface area contributed by atoms with Crippen LogP contribution in [-0.2, 0) is 14.0 Å². The van der Waals surface area contributed by atoms with Crippen LogP contribution in [0.1, 0.15) is 87.0 Å². The van der Waals surface area contributed by atoms with Gasteiger partial charge in [-0.3, -0.25) is 4.79 Å². The second-order valence-electron chi connectivity index (χ2n) is 10.8. The standard InChI is InChI=1S/C24H47NO5Si/c1-20(16-14-12-10-11-13-15-17-21(26)27)25(22(28)30-23(2,3)4)18-19-29-31(8,9)24(5,6)7/h10-11,20H,12-19H2,1-9H3,(H,26,27)/b11-10-/t20-/m0/s1. The van der Waals surface area contributed by atoms with Crippen LogP contribution in [0.5, 0.6) is 0 Å². The Morgan fingerprint density at radius 3 is 2.06 bits per heavy atom. The fourth-order valence-corrected chi connectivity index (χ4v) is 3.76. The molecule has 0 radical (unpaired) electrons. The lowest BCUT2D eigenvalue weighted by atomic mass is 10.1. The van der Waals surface area contributed by atoms with Crippen LogP contribution in [0, 0.1) is 0 Å². The summed E-state index contributed by atoms with van der Waals surface area (Å²) in [6.45, 7) is 19.8. The van der Waals surface area contributed by atoms with E-state index in [1.807, 2.05) is 26.8 Å². The van der Waals surface area contributed by atoms with E-state index in [-0.39, 0.29) is 23.6 Å². The number of unbranched alkanes of at least 4 members (excludes halogenated alkanes) is 2. The lowest BCUT2D eigenvalue weighted by Crippen LogP contribution is -2.46. The molecule has 1 amide bonds. The average Bonchev–Trinajstić information content (AvgIpc) is 2.57.